The van der Waals surface area contributed by atoms with E-state index >= 15 is 0 Å². The highest BCUT2D eigenvalue weighted by atomic mass is 15.0. The minimum Gasteiger partial charge on any atom is -0.208 e. The molecule has 10 aromatic rings. The maximum atomic E-state index is 5.20. The molecule has 0 radical (unpaired) electrons. The predicted molar refractivity (Wildman–Crippen MR) is 242 cm³/mol. The van der Waals surface area contributed by atoms with Crippen LogP contribution in [0.5, 0.6) is 0 Å². The Kier molecular flexibility index (Phi) is 9.84. The molecule has 0 amide bonds. The summed E-state index contributed by atoms with van der Waals surface area (Å²) in [5.41, 5.74) is 11.8. The zero-order chi connectivity index (χ0) is 40.1. The summed E-state index contributed by atoms with van der Waals surface area (Å²) >= 11 is 0. The highest BCUT2D eigenvalue weighted by molar-refractivity contribution is 5.90. The maximum Gasteiger partial charge on any atom is 0.164 e. The first-order valence-corrected chi connectivity index (χ1v) is 19.9. The third-order valence-electron chi connectivity index (χ3n) is 10.5. The van der Waals surface area contributed by atoms with Crippen LogP contribution in [0.15, 0.2) is 218 Å². The van der Waals surface area contributed by atoms with Crippen LogP contribution in [0.1, 0.15) is 0 Å². The van der Waals surface area contributed by atoms with E-state index in [1.807, 2.05) is 97.1 Å². The molecule has 0 spiro atoms. The van der Waals surface area contributed by atoms with Crippen LogP contribution in [0, 0.1) is 0 Å². The molecule has 0 unspecified atom stereocenters. The van der Waals surface area contributed by atoms with Gasteiger partial charge in [0.25, 0.3) is 0 Å². The molecule has 0 saturated carbocycles. The maximum absolute atomic E-state index is 5.20. The third-order valence-corrected chi connectivity index (χ3v) is 10.5. The molecule has 6 heteroatoms. The van der Waals surface area contributed by atoms with Crippen molar-refractivity contribution < 1.29 is 0 Å². The normalized spacial score (nSPS) is 11.0. The molecule has 0 atom stereocenters. The van der Waals surface area contributed by atoms with Crippen LogP contribution in [0.3, 0.4) is 0 Å². The van der Waals surface area contributed by atoms with Gasteiger partial charge in [-0.1, -0.05) is 218 Å². The number of aromatic nitrogens is 6. The van der Waals surface area contributed by atoms with Crippen molar-refractivity contribution in [1.29, 1.82) is 0 Å². The number of benzene rings is 8. The highest BCUT2D eigenvalue weighted by Gasteiger charge is 2.20. The van der Waals surface area contributed by atoms with E-state index in [0.29, 0.717) is 34.9 Å². The summed E-state index contributed by atoms with van der Waals surface area (Å²) in [6.45, 7) is 0. The van der Waals surface area contributed by atoms with Gasteiger partial charge in [-0.3, -0.25) is 0 Å². The predicted octanol–water partition coefficient (Wildman–Crippen LogP) is 13.1. The van der Waals surface area contributed by atoms with Gasteiger partial charge < -0.3 is 0 Å². The van der Waals surface area contributed by atoms with Crippen molar-refractivity contribution in [2.24, 2.45) is 0 Å². The second-order valence-electron chi connectivity index (χ2n) is 14.3. The number of hydrogen-bond donors (Lipinski definition) is 0. The third kappa shape index (κ3) is 7.49. The SMILES string of the molecule is c1ccc(-c2ccc(-c3nc(-c4ccc(-c5ccccc5)cc4)nc(-c4ccccc4-c4ccccc4-c4nc(-c5ccccc5)nc(-c5ccccc5)n4)n3)cc2)cc1. The van der Waals surface area contributed by atoms with E-state index in [1.165, 1.54) is 0 Å². The summed E-state index contributed by atoms with van der Waals surface area (Å²) in [7, 11) is 0. The number of hydrogen-bond acceptors (Lipinski definition) is 6. The van der Waals surface area contributed by atoms with Gasteiger partial charge in [-0.25, -0.2) is 29.9 Å². The summed E-state index contributed by atoms with van der Waals surface area (Å²) < 4.78 is 0. The van der Waals surface area contributed by atoms with Crippen molar-refractivity contribution >= 4 is 0 Å². The molecule has 6 nitrogen and oxygen atoms in total. The van der Waals surface area contributed by atoms with Gasteiger partial charge in [-0.2, -0.15) is 0 Å². The number of nitrogens with zero attached hydrogens (tertiary/aromatic N) is 6. The second-order valence-corrected chi connectivity index (χ2v) is 14.3. The number of rotatable bonds is 9. The van der Waals surface area contributed by atoms with Crippen molar-refractivity contribution in [3.8, 4) is 102 Å². The molecule has 0 aliphatic heterocycles. The molecular formula is C54H36N6. The zero-order valence-electron chi connectivity index (χ0n) is 32.5. The Labute approximate surface area is 348 Å². The molecule has 0 aliphatic rings. The van der Waals surface area contributed by atoms with Gasteiger partial charge in [-0.05, 0) is 33.4 Å². The first kappa shape index (κ1) is 36.1. The molecular weight excluding hydrogens is 733 g/mol. The van der Waals surface area contributed by atoms with Gasteiger partial charge in [0.1, 0.15) is 0 Å². The fourth-order valence-corrected chi connectivity index (χ4v) is 7.39. The van der Waals surface area contributed by atoms with Crippen molar-refractivity contribution in [2.75, 3.05) is 0 Å². The van der Waals surface area contributed by atoms with Gasteiger partial charge in [0.2, 0.25) is 0 Å². The van der Waals surface area contributed by atoms with Gasteiger partial charge in [0.05, 0.1) is 0 Å². The largest absolute Gasteiger partial charge is 0.208 e. The Morgan fingerprint density at radius 3 is 0.667 bits per heavy atom. The van der Waals surface area contributed by atoms with Crippen molar-refractivity contribution in [2.45, 2.75) is 0 Å². The molecule has 0 fully saturated rings. The van der Waals surface area contributed by atoms with Crippen LogP contribution in [0.25, 0.3) is 102 Å². The van der Waals surface area contributed by atoms with Gasteiger partial charge in [-0.15, -0.1) is 0 Å². The lowest BCUT2D eigenvalue weighted by Crippen LogP contribution is -2.02. The molecule has 0 N–H and O–H groups in total. The fourth-order valence-electron chi connectivity index (χ4n) is 7.39. The summed E-state index contributed by atoms with van der Waals surface area (Å²) in [5.74, 6) is 3.51. The quantitative estimate of drug-likeness (QED) is 0.145. The standard InChI is InChI=1S/C54H36N6/c1-5-17-37(18-6-1)39-29-33-43(34-30-39)51-56-52(44-35-31-40(32-36-44)38-19-7-2-8-20-38)60-54(59-51)48-28-16-14-26-46(48)45-25-13-15-27-47(45)53-57-49(41-21-9-3-10-22-41)55-50(58-53)42-23-11-4-12-24-42/h1-36H. The van der Waals surface area contributed by atoms with E-state index in [-0.39, 0.29) is 0 Å². The molecule has 282 valence electrons. The molecule has 2 aromatic heterocycles. The van der Waals surface area contributed by atoms with Crippen LogP contribution in [-0.2, 0) is 0 Å². The van der Waals surface area contributed by atoms with Gasteiger partial charge in [0, 0.05) is 33.4 Å². The average molecular weight is 769 g/mol. The Morgan fingerprint density at radius 2 is 0.350 bits per heavy atom. The van der Waals surface area contributed by atoms with E-state index < -0.39 is 0 Å². The van der Waals surface area contributed by atoms with E-state index in [9.17, 15) is 0 Å². The molecule has 60 heavy (non-hydrogen) atoms. The Bertz CT molecular complexity index is 2890. The lowest BCUT2D eigenvalue weighted by Gasteiger charge is -2.15. The lowest BCUT2D eigenvalue weighted by molar-refractivity contribution is 1.07. The highest BCUT2D eigenvalue weighted by Crippen LogP contribution is 2.38. The van der Waals surface area contributed by atoms with Gasteiger partial charge in [0.15, 0.2) is 34.9 Å². The Morgan fingerprint density at radius 1 is 0.150 bits per heavy atom. The molecule has 0 bridgehead atoms. The van der Waals surface area contributed by atoms with E-state index in [1.54, 1.807) is 0 Å². The minimum absolute atomic E-state index is 0.560. The van der Waals surface area contributed by atoms with E-state index in [4.69, 9.17) is 29.9 Å². The fraction of sp³-hybridized carbons (Fsp3) is 0. The average Bonchev–Trinajstić information content (AvgIpc) is 3.35. The first-order chi connectivity index (χ1) is 29.7. The summed E-state index contributed by atoms with van der Waals surface area (Å²) in [6, 6.07) is 74.1. The molecule has 8 aromatic carbocycles. The van der Waals surface area contributed by atoms with Crippen molar-refractivity contribution in [3.05, 3.63) is 218 Å². The topological polar surface area (TPSA) is 77.3 Å². The van der Waals surface area contributed by atoms with Crippen LogP contribution in [0.2, 0.25) is 0 Å². The minimum atomic E-state index is 0.560. The summed E-state index contributed by atoms with van der Waals surface area (Å²) in [6.07, 6.45) is 0. The van der Waals surface area contributed by atoms with Crippen molar-refractivity contribution in [3.63, 3.8) is 0 Å². The monoisotopic (exact) mass is 768 g/mol. The lowest BCUT2D eigenvalue weighted by atomic mass is 9.94. The second kappa shape index (κ2) is 16.3. The molecule has 10 rings (SSSR count). The Balaban J connectivity index is 1.12. The summed E-state index contributed by atoms with van der Waals surface area (Å²) in [5, 5.41) is 0. The van der Waals surface area contributed by atoms with Crippen LogP contribution in [0.4, 0.5) is 0 Å². The van der Waals surface area contributed by atoms with E-state index in [0.717, 1.165) is 66.8 Å². The van der Waals surface area contributed by atoms with Crippen LogP contribution < -0.4 is 0 Å². The molecule has 2 heterocycles. The first-order valence-electron chi connectivity index (χ1n) is 19.9. The van der Waals surface area contributed by atoms with Gasteiger partial charge >= 0.3 is 0 Å². The van der Waals surface area contributed by atoms with Crippen LogP contribution >= 0.6 is 0 Å². The molecule has 0 aliphatic carbocycles. The Hall–Kier alpha value is -8.22. The zero-order valence-corrected chi connectivity index (χ0v) is 32.5. The molecule has 0 saturated heterocycles. The van der Waals surface area contributed by atoms with Crippen LogP contribution in [-0.4, -0.2) is 29.9 Å². The van der Waals surface area contributed by atoms with Crippen molar-refractivity contribution in [1.82, 2.24) is 29.9 Å². The van der Waals surface area contributed by atoms with E-state index in [2.05, 4.69) is 121 Å². The summed E-state index contributed by atoms with van der Waals surface area (Å²) in [4.78, 5) is 30.6. The smallest absolute Gasteiger partial charge is 0.164 e.